The van der Waals surface area contributed by atoms with Gasteiger partial charge in [-0.1, -0.05) is 29.8 Å². The molecule has 0 aromatic heterocycles. The molecule has 0 saturated heterocycles. The second-order valence-electron chi connectivity index (χ2n) is 4.03. The third-order valence-corrected chi connectivity index (χ3v) is 2.88. The van der Waals surface area contributed by atoms with Gasteiger partial charge in [0.05, 0.1) is 5.02 Å². The zero-order valence-corrected chi connectivity index (χ0v) is 11.0. The van der Waals surface area contributed by atoms with Crippen LogP contribution in [0.5, 0.6) is 0 Å². The number of amides is 2. The van der Waals surface area contributed by atoms with Gasteiger partial charge in [0.25, 0.3) is 0 Å². The lowest BCUT2D eigenvalue weighted by molar-refractivity contribution is 0.251. The van der Waals surface area contributed by atoms with Crippen molar-refractivity contribution in [2.45, 2.75) is 6.54 Å². The summed E-state index contributed by atoms with van der Waals surface area (Å²) in [6.45, 7) is 0.0363. The summed E-state index contributed by atoms with van der Waals surface area (Å²) in [5.74, 6) is -1.02. The molecule has 0 radical (unpaired) electrons. The zero-order valence-electron chi connectivity index (χ0n) is 10.3. The molecule has 104 valence electrons. The fraction of sp³-hybridized carbons (Fsp3) is 0.0714. The number of carbonyl (C=O) groups excluding carboxylic acids is 1. The predicted molar refractivity (Wildman–Crippen MR) is 73.7 cm³/mol. The fourth-order valence-corrected chi connectivity index (χ4v) is 1.68. The van der Waals surface area contributed by atoms with E-state index in [0.29, 0.717) is 5.56 Å². The lowest BCUT2D eigenvalue weighted by Gasteiger charge is -2.08. The summed E-state index contributed by atoms with van der Waals surface area (Å²) < 4.78 is 26.5. The quantitative estimate of drug-likeness (QED) is 0.885. The SMILES string of the molecule is O=C(NCc1ccccc1F)Nc1ccc(Cl)c(F)c1. The van der Waals surface area contributed by atoms with Gasteiger partial charge < -0.3 is 10.6 Å². The number of carbonyl (C=O) groups is 1. The Kier molecular flexibility index (Phi) is 4.53. The van der Waals surface area contributed by atoms with Gasteiger partial charge in [0.15, 0.2) is 0 Å². The Morgan fingerprint density at radius 3 is 2.55 bits per heavy atom. The van der Waals surface area contributed by atoms with Gasteiger partial charge in [0.2, 0.25) is 0 Å². The molecule has 6 heteroatoms. The van der Waals surface area contributed by atoms with Crippen molar-refractivity contribution in [2.24, 2.45) is 0 Å². The van der Waals surface area contributed by atoms with Gasteiger partial charge in [-0.3, -0.25) is 0 Å². The van der Waals surface area contributed by atoms with Crippen LogP contribution in [0.1, 0.15) is 5.56 Å². The standard InChI is InChI=1S/C14H11ClF2N2O/c15-11-6-5-10(7-13(11)17)19-14(20)18-8-9-3-1-2-4-12(9)16/h1-7H,8H2,(H2,18,19,20). The third kappa shape index (κ3) is 3.68. The average Bonchev–Trinajstić information content (AvgIpc) is 2.42. The van der Waals surface area contributed by atoms with Crippen LogP contribution < -0.4 is 10.6 Å². The van der Waals surface area contributed by atoms with Crippen molar-refractivity contribution in [1.82, 2.24) is 5.32 Å². The second kappa shape index (κ2) is 6.34. The van der Waals surface area contributed by atoms with E-state index in [-0.39, 0.29) is 17.3 Å². The lowest BCUT2D eigenvalue weighted by atomic mass is 10.2. The summed E-state index contributed by atoms with van der Waals surface area (Å²) in [4.78, 5) is 11.6. The molecule has 2 amide bonds. The highest BCUT2D eigenvalue weighted by Crippen LogP contribution is 2.18. The van der Waals surface area contributed by atoms with E-state index in [1.54, 1.807) is 18.2 Å². The van der Waals surface area contributed by atoms with Crippen molar-refractivity contribution in [2.75, 3.05) is 5.32 Å². The minimum atomic E-state index is -0.626. The smallest absolute Gasteiger partial charge is 0.319 e. The summed E-state index contributed by atoms with van der Waals surface area (Å²) in [5, 5.41) is 4.88. The van der Waals surface area contributed by atoms with E-state index in [0.717, 1.165) is 6.07 Å². The number of anilines is 1. The van der Waals surface area contributed by atoms with E-state index in [9.17, 15) is 13.6 Å². The highest BCUT2D eigenvalue weighted by molar-refractivity contribution is 6.30. The maximum Gasteiger partial charge on any atom is 0.319 e. The molecule has 0 fully saturated rings. The van der Waals surface area contributed by atoms with Gasteiger partial charge in [0.1, 0.15) is 11.6 Å². The number of urea groups is 1. The van der Waals surface area contributed by atoms with Crippen LogP contribution in [0.25, 0.3) is 0 Å². The monoisotopic (exact) mass is 296 g/mol. The molecule has 2 aromatic carbocycles. The first-order valence-corrected chi connectivity index (χ1v) is 6.17. The number of hydrogen-bond acceptors (Lipinski definition) is 1. The van der Waals surface area contributed by atoms with Gasteiger partial charge in [-0.2, -0.15) is 0 Å². The predicted octanol–water partition coefficient (Wildman–Crippen LogP) is 3.94. The third-order valence-electron chi connectivity index (χ3n) is 2.57. The Morgan fingerprint density at radius 1 is 1.10 bits per heavy atom. The highest BCUT2D eigenvalue weighted by Gasteiger charge is 2.06. The van der Waals surface area contributed by atoms with Crippen LogP contribution in [0.15, 0.2) is 42.5 Å². The molecule has 2 rings (SSSR count). The van der Waals surface area contributed by atoms with Crippen LogP contribution in [-0.2, 0) is 6.54 Å². The molecule has 0 atom stereocenters. The second-order valence-corrected chi connectivity index (χ2v) is 4.44. The van der Waals surface area contributed by atoms with E-state index in [1.807, 2.05) is 0 Å². The van der Waals surface area contributed by atoms with Gasteiger partial charge in [-0.05, 0) is 24.3 Å². The van der Waals surface area contributed by atoms with E-state index in [4.69, 9.17) is 11.6 Å². The van der Waals surface area contributed by atoms with Crippen LogP contribution in [-0.4, -0.2) is 6.03 Å². The molecule has 0 spiro atoms. The van der Waals surface area contributed by atoms with Crippen molar-refractivity contribution < 1.29 is 13.6 Å². The Morgan fingerprint density at radius 2 is 1.85 bits per heavy atom. The van der Waals surface area contributed by atoms with Crippen molar-refractivity contribution in [3.63, 3.8) is 0 Å². The summed E-state index contributed by atoms with van der Waals surface area (Å²) in [5.41, 5.74) is 0.628. The first-order valence-electron chi connectivity index (χ1n) is 5.79. The molecule has 0 saturated carbocycles. The maximum atomic E-state index is 13.3. The highest BCUT2D eigenvalue weighted by atomic mass is 35.5. The molecule has 0 aliphatic rings. The topological polar surface area (TPSA) is 41.1 Å². The zero-order chi connectivity index (χ0) is 14.5. The van der Waals surface area contributed by atoms with Crippen LogP contribution in [0.4, 0.5) is 19.3 Å². The largest absolute Gasteiger partial charge is 0.334 e. The summed E-state index contributed by atoms with van der Waals surface area (Å²) in [7, 11) is 0. The molecule has 3 nitrogen and oxygen atoms in total. The van der Waals surface area contributed by atoms with Gasteiger partial charge in [-0.25, -0.2) is 13.6 Å². The minimum Gasteiger partial charge on any atom is -0.334 e. The molecule has 2 aromatic rings. The molecule has 20 heavy (non-hydrogen) atoms. The van der Waals surface area contributed by atoms with Crippen LogP contribution in [0, 0.1) is 11.6 Å². The molecule has 2 N–H and O–H groups in total. The first-order chi connectivity index (χ1) is 9.56. The van der Waals surface area contributed by atoms with Crippen LogP contribution in [0.2, 0.25) is 5.02 Å². The van der Waals surface area contributed by atoms with Crippen molar-refractivity contribution in [1.29, 1.82) is 0 Å². The first kappa shape index (κ1) is 14.3. The van der Waals surface area contributed by atoms with Gasteiger partial charge in [0, 0.05) is 17.8 Å². The van der Waals surface area contributed by atoms with Crippen molar-refractivity contribution >= 4 is 23.3 Å². The van der Waals surface area contributed by atoms with Crippen molar-refractivity contribution in [3.05, 3.63) is 64.7 Å². The summed E-state index contributed by atoms with van der Waals surface area (Å²) in [6.07, 6.45) is 0. The Labute approximate surface area is 119 Å². The van der Waals surface area contributed by atoms with Crippen molar-refractivity contribution in [3.8, 4) is 0 Å². The van der Waals surface area contributed by atoms with Crippen LogP contribution >= 0.6 is 11.6 Å². The number of hydrogen-bond donors (Lipinski definition) is 2. The average molecular weight is 297 g/mol. The van der Waals surface area contributed by atoms with Gasteiger partial charge in [-0.15, -0.1) is 0 Å². The normalized spacial score (nSPS) is 10.2. The van der Waals surface area contributed by atoms with E-state index in [1.165, 1.54) is 18.2 Å². The molecular weight excluding hydrogens is 286 g/mol. The molecule has 0 unspecified atom stereocenters. The van der Waals surface area contributed by atoms with E-state index in [2.05, 4.69) is 10.6 Å². The molecule has 0 aliphatic carbocycles. The minimum absolute atomic E-state index is 0.0256. The Balaban J connectivity index is 1.93. The summed E-state index contributed by atoms with van der Waals surface area (Å²) >= 11 is 5.53. The molecule has 0 bridgehead atoms. The van der Waals surface area contributed by atoms with E-state index < -0.39 is 17.7 Å². The molecule has 0 aliphatic heterocycles. The number of nitrogens with one attached hydrogen (secondary N) is 2. The van der Waals surface area contributed by atoms with Gasteiger partial charge >= 0.3 is 6.03 Å². The fourth-order valence-electron chi connectivity index (χ4n) is 1.57. The van der Waals surface area contributed by atoms with Crippen LogP contribution in [0.3, 0.4) is 0 Å². The maximum absolute atomic E-state index is 13.3. The Bertz CT molecular complexity index is 634. The molecule has 0 heterocycles. The summed E-state index contributed by atoms with van der Waals surface area (Å²) in [6, 6.07) is 9.46. The molecular formula is C14H11ClF2N2O. The lowest BCUT2D eigenvalue weighted by Crippen LogP contribution is -2.28. The number of halogens is 3. The number of rotatable bonds is 3. The number of benzene rings is 2. The Hall–Kier alpha value is -2.14. The van der Waals surface area contributed by atoms with E-state index >= 15 is 0 Å².